The fraction of sp³-hybridized carbons (Fsp3) is 0.833. The van der Waals surface area contributed by atoms with Crippen LogP contribution >= 0.6 is 12.2 Å². The van der Waals surface area contributed by atoms with E-state index in [9.17, 15) is 0 Å². The predicted molar refractivity (Wildman–Crippen MR) is 40.1 cm³/mol. The topological polar surface area (TPSA) is 3.24 Å². The third-order valence-electron chi connectivity index (χ3n) is 0.795. The lowest BCUT2D eigenvalue weighted by Crippen LogP contribution is -2.20. The molecule has 8 heavy (non-hydrogen) atoms. The summed E-state index contributed by atoms with van der Waals surface area (Å²) in [6, 6.07) is 0. The Balaban J connectivity index is 3.23. The number of thiocarbonyl (C=S) groups is 1. The Morgan fingerprint density at radius 2 is 2.12 bits per heavy atom. The highest BCUT2D eigenvalue weighted by atomic mass is 32.1. The van der Waals surface area contributed by atoms with Crippen molar-refractivity contribution in [1.29, 1.82) is 0 Å². The van der Waals surface area contributed by atoms with E-state index in [0.717, 1.165) is 6.54 Å². The van der Waals surface area contributed by atoms with Gasteiger partial charge in [-0.05, 0) is 5.92 Å². The highest BCUT2D eigenvalue weighted by molar-refractivity contribution is 7.78. The van der Waals surface area contributed by atoms with E-state index < -0.39 is 0 Å². The molecule has 0 aliphatic carbocycles. The van der Waals surface area contributed by atoms with Crippen molar-refractivity contribution in [2.75, 3.05) is 13.6 Å². The van der Waals surface area contributed by atoms with Crippen molar-refractivity contribution in [3.05, 3.63) is 0 Å². The molecule has 47 valence electrons. The molecule has 2 heteroatoms. The summed E-state index contributed by atoms with van der Waals surface area (Å²) in [6.45, 7) is 5.32. The summed E-state index contributed by atoms with van der Waals surface area (Å²) in [5.41, 5.74) is 2.61. The van der Waals surface area contributed by atoms with E-state index in [4.69, 9.17) is 0 Å². The normalized spacial score (nSPS) is 9.50. The largest absolute Gasteiger partial charge is 0.363 e. The lowest BCUT2D eigenvalue weighted by atomic mass is 10.2. The highest BCUT2D eigenvalue weighted by Crippen LogP contribution is 1.92. The predicted octanol–water partition coefficient (Wildman–Crippen LogP) is 1.41. The van der Waals surface area contributed by atoms with Crippen LogP contribution < -0.4 is 0 Å². The minimum atomic E-state index is 0.676. The molecule has 0 unspecified atom stereocenters. The van der Waals surface area contributed by atoms with E-state index in [-0.39, 0.29) is 0 Å². The van der Waals surface area contributed by atoms with Gasteiger partial charge in [-0.2, -0.15) is 0 Å². The Kier molecular flexibility index (Phi) is 3.79. The second kappa shape index (κ2) is 3.84. The molecule has 0 atom stereocenters. The molecule has 0 saturated carbocycles. The van der Waals surface area contributed by atoms with Crippen LogP contribution in [0, 0.1) is 5.92 Å². The van der Waals surface area contributed by atoms with Crippen LogP contribution in [0.15, 0.2) is 0 Å². The first kappa shape index (κ1) is 7.89. The van der Waals surface area contributed by atoms with Gasteiger partial charge in [0, 0.05) is 13.6 Å². The third kappa shape index (κ3) is 4.06. The van der Waals surface area contributed by atoms with E-state index in [0.29, 0.717) is 5.92 Å². The fourth-order valence-electron chi connectivity index (χ4n) is 0.585. The Bertz CT molecular complexity index is 70.9. The maximum Gasteiger partial charge on any atom is 0.136 e. The fourth-order valence-corrected chi connectivity index (χ4v) is 0.660. The van der Waals surface area contributed by atoms with Gasteiger partial charge in [-0.3, -0.25) is 0 Å². The Morgan fingerprint density at radius 3 is 2.25 bits per heavy atom. The van der Waals surface area contributed by atoms with Crippen LogP contribution in [0.2, 0.25) is 0 Å². The molecule has 0 aromatic heterocycles. The van der Waals surface area contributed by atoms with Crippen LogP contribution in [0.5, 0.6) is 0 Å². The molecule has 0 aromatic carbocycles. The molecular weight excluding hydrogens is 118 g/mol. The quantitative estimate of drug-likeness (QED) is 0.420. The lowest BCUT2D eigenvalue weighted by Gasteiger charge is -2.12. The number of hydrogen-bond acceptors (Lipinski definition) is 1. The number of rotatable bonds is 3. The van der Waals surface area contributed by atoms with Crippen molar-refractivity contribution >= 4 is 17.7 Å². The minimum absolute atomic E-state index is 0.676. The van der Waals surface area contributed by atoms with Gasteiger partial charge in [-0.1, -0.05) is 26.1 Å². The van der Waals surface area contributed by atoms with Crippen LogP contribution in [0.1, 0.15) is 13.8 Å². The lowest BCUT2D eigenvalue weighted by molar-refractivity contribution is 0.439. The van der Waals surface area contributed by atoms with Gasteiger partial charge in [0.1, 0.15) is 5.49 Å². The minimum Gasteiger partial charge on any atom is -0.363 e. The maximum absolute atomic E-state index is 4.57. The molecule has 0 aliphatic rings. The molecule has 0 fully saturated rings. The standard InChI is InChI=1S/C6H12NS/c1-6(2)4-7(3)5-8/h6H,4H2,1-3H3. The number of hydrogen-bond donors (Lipinski definition) is 0. The van der Waals surface area contributed by atoms with Crippen LogP contribution in [-0.2, 0) is 0 Å². The molecule has 0 N–H and O–H groups in total. The van der Waals surface area contributed by atoms with Crippen LogP contribution in [-0.4, -0.2) is 24.0 Å². The van der Waals surface area contributed by atoms with Gasteiger partial charge in [-0.15, -0.1) is 0 Å². The summed E-state index contributed by atoms with van der Waals surface area (Å²) in [4.78, 5) is 1.89. The van der Waals surface area contributed by atoms with Gasteiger partial charge in [0.2, 0.25) is 0 Å². The molecule has 0 heterocycles. The van der Waals surface area contributed by atoms with Crippen molar-refractivity contribution in [3.8, 4) is 0 Å². The second-order valence-corrected chi connectivity index (χ2v) is 2.55. The Hall–Kier alpha value is -0.110. The monoisotopic (exact) mass is 130 g/mol. The SMILES string of the molecule is CC(C)CN(C)[C]=S. The first-order valence-electron chi connectivity index (χ1n) is 2.75. The summed E-state index contributed by atoms with van der Waals surface area (Å²) >= 11 is 4.57. The molecule has 0 aliphatic heterocycles. The van der Waals surface area contributed by atoms with Crippen molar-refractivity contribution in [2.24, 2.45) is 5.92 Å². The van der Waals surface area contributed by atoms with Crippen LogP contribution in [0.3, 0.4) is 0 Å². The summed E-state index contributed by atoms with van der Waals surface area (Å²) in [6.07, 6.45) is 0. The molecule has 0 bridgehead atoms. The Morgan fingerprint density at radius 1 is 1.62 bits per heavy atom. The van der Waals surface area contributed by atoms with E-state index in [1.807, 2.05) is 11.9 Å². The molecule has 0 aromatic rings. The van der Waals surface area contributed by atoms with Crippen molar-refractivity contribution in [1.82, 2.24) is 4.90 Å². The van der Waals surface area contributed by atoms with E-state index in [1.165, 1.54) is 0 Å². The zero-order chi connectivity index (χ0) is 6.57. The van der Waals surface area contributed by atoms with Gasteiger partial charge in [0.25, 0.3) is 0 Å². The van der Waals surface area contributed by atoms with Crippen LogP contribution in [0.4, 0.5) is 0 Å². The summed E-state index contributed by atoms with van der Waals surface area (Å²) in [5.74, 6) is 0.676. The van der Waals surface area contributed by atoms with Crippen molar-refractivity contribution < 1.29 is 0 Å². The summed E-state index contributed by atoms with van der Waals surface area (Å²) in [7, 11) is 1.94. The summed E-state index contributed by atoms with van der Waals surface area (Å²) in [5, 5.41) is 0. The average molecular weight is 130 g/mol. The highest BCUT2D eigenvalue weighted by Gasteiger charge is 1.94. The molecule has 0 amide bonds. The zero-order valence-electron chi connectivity index (χ0n) is 5.64. The second-order valence-electron chi connectivity index (χ2n) is 2.37. The van der Waals surface area contributed by atoms with Gasteiger partial charge in [0.15, 0.2) is 0 Å². The molecule has 0 spiro atoms. The Labute approximate surface area is 56.7 Å². The molecule has 0 rings (SSSR count). The molecule has 1 radical (unpaired) electrons. The number of nitrogens with zero attached hydrogens (tertiary/aromatic N) is 1. The maximum atomic E-state index is 4.57. The average Bonchev–Trinajstić information content (AvgIpc) is 1.65. The van der Waals surface area contributed by atoms with Gasteiger partial charge >= 0.3 is 0 Å². The summed E-state index contributed by atoms with van der Waals surface area (Å²) < 4.78 is 0. The first-order chi connectivity index (χ1) is 3.66. The van der Waals surface area contributed by atoms with E-state index in [1.54, 1.807) is 0 Å². The molecule has 0 saturated heterocycles. The first-order valence-corrected chi connectivity index (χ1v) is 3.16. The van der Waals surface area contributed by atoms with Gasteiger partial charge < -0.3 is 4.90 Å². The van der Waals surface area contributed by atoms with Crippen molar-refractivity contribution in [2.45, 2.75) is 13.8 Å². The molecule has 1 nitrogen and oxygen atoms in total. The van der Waals surface area contributed by atoms with Gasteiger partial charge in [0.05, 0.1) is 0 Å². The van der Waals surface area contributed by atoms with E-state index in [2.05, 4.69) is 31.6 Å². The zero-order valence-corrected chi connectivity index (χ0v) is 6.46. The van der Waals surface area contributed by atoms with E-state index >= 15 is 0 Å². The van der Waals surface area contributed by atoms with Crippen molar-refractivity contribution in [3.63, 3.8) is 0 Å². The smallest absolute Gasteiger partial charge is 0.136 e. The molecular formula is C6H12NS. The van der Waals surface area contributed by atoms with Gasteiger partial charge in [-0.25, -0.2) is 0 Å². The van der Waals surface area contributed by atoms with Crippen LogP contribution in [0.25, 0.3) is 0 Å². The third-order valence-corrected chi connectivity index (χ3v) is 1.11.